The van der Waals surface area contributed by atoms with Gasteiger partial charge in [-0.3, -0.25) is 0 Å². The molecule has 1 aromatic rings. The van der Waals surface area contributed by atoms with Crippen LogP contribution in [0.25, 0.3) is 0 Å². The zero-order chi connectivity index (χ0) is 7.56. The summed E-state index contributed by atoms with van der Waals surface area (Å²) in [6.45, 7) is 4.04. The second kappa shape index (κ2) is 2.64. The van der Waals surface area contributed by atoms with Crippen molar-refractivity contribution in [2.24, 2.45) is 0 Å². The van der Waals surface area contributed by atoms with Crippen LogP contribution in [0, 0.1) is 6.92 Å². The number of anilines is 1. The molecule has 54 valence electrons. The molecule has 0 aliphatic heterocycles. The first-order chi connectivity index (χ1) is 4.74. The fraction of sp³-hybridized carbons (Fsp3) is 0.429. The van der Waals surface area contributed by atoms with Crippen LogP contribution in [0.2, 0.25) is 0 Å². The number of nitrogen functional groups attached to an aromatic ring is 1. The maximum absolute atomic E-state index is 5.41. The number of hydrogen-bond acceptors (Lipinski definition) is 3. The van der Waals surface area contributed by atoms with Crippen molar-refractivity contribution in [3.8, 4) is 0 Å². The summed E-state index contributed by atoms with van der Waals surface area (Å²) < 4.78 is 0. The molecule has 0 fully saturated rings. The van der Waals surface area contributed by atoms with E-state index in [2.05, 4.69) is 10.2 Å². The third-order valence-electron chi connectivity index (χ3n) is 1.44. The Balaban J connectivity index is 3.07. The van der Waals surface area contributed by atoms with E-state index in [0.29, 0.717) is 5.82 Å². The molecule has 1 rings (SSSR count). The first-order valence-electron chi connectivity index (χ1n) is 3.32. The maximum atomic E-state index is 5.41. The summed E-state index contributed by atoms with van der Waals surface area (Å²) >= 11 is 0. The highest BCUT2D eigenvalue weighted by Gasteiger charge is 1.96. The quantitative estimate of drug-likeness (QED) is 0.626. The number of nitrogens with zero attached hydrogens (tertiary/aromatic N) is 2. The molecule has 0 radical (unpaired) electrons. The Hall–Kier alpha value is -1.12. The smallest absolute Gasteiger partial charge is 0.146 e. The van der Waals surface area contributed by atoms with Crippen LogP contribution in [0.15, 0.2) is 6.07 Å². The lowest BCUT2D eigenvalue weighted by molar-refractivity contribution is 0.908. The van der Waals surface area contributed by atoms with E-state index < -0.39 is 0 Å². The number of nitrogens with two attached hydrogens (primary N) is 1. The first kappa shape index (κ1) is 6.99. The summed E-state index contributed by atoms with van der Waals surface area (Å²) in [6.07, 6.45) is 0.916. The molecule has 1 aromatic heterocycles. The predicted molar refractivity (Wildman–Crippen MR) is 40.6 cm³/mol. The Bertz CT molecular complexity index is 232. The highest BCUT2D eigenvalue weighted by atomic mass is 15.1. The van der Waals surface area contributed by atoms with Gasteiger partial charge in [-0.2, -0.15) is 5.10 Å². The van der Waals surface area contributed by atoms with Gasteiger partial charge in [0.25, 0.3) is 0 Å². The Labute approximate surface area is 60.3 Å². The van der Waals surface area contributed by atoms with Crippen molar-refractivity contribution >= 4 is 5.82 Å². The van der Waals surface area contributed by atoms with E-state index in [1.807, 2.05) is 19.9 Å². The SMILES string of the molecule is CCc1nnc(N)cc1C. The molecule has 0 bridgehead atoms. The lowest BCUT2D eigenvalue weighted by Crippen LogP contribution is -1.99. The second-order valence-electron chi connectivity index (χ2n) is 2.25. The van der Waals surface area contributed by atoms with Gasteiger partial charge in [-0.1, -0.05) is 6.92 Å². The Morgan fingerprint density at radius 3 is 2.70 bits per heavy atom. The van der Waals surface area contributed by atoms with Gasteiger partial charge in [0.15, 0.2) is 0 Å². The van der Waals surface area contributed by atoms with Crippen LogP contribution in [0.3, 0.4) is 0 Å². The van der Waals surface area contributed by atoms with Gasteiger partial charge in [-0.15, -0.1) is 5.10 Å². The van der Waals surface area contributed by atoms with Gasteiger partial charge < -0.3 is 5.73 Å². The fourth-order valence-electron chi connectivity index (χ4n) is 0.881. The lowest BCUT2D eigenvalue weighted by atomic mass is 10.2. The van der Waals surface area contributed by atoms with Crippen LogP contribution in [-0.4, -0.2) is 10.2 Å². The number of aromatic nitrogens is 2. The zero-order valence-electron chi connectivity index (χ0n) is 6.26. The van der Waals surface area contributed by atoms with Crippen molar-refractivity contribution < 1.29 is 0 Å². The molecule has 3 nitrogen and oxygen atoms in total. The summed E-state index contributed by atoms with van der Waals surface area (Å²) in [5.41, 5.74) is 7.55. The van der Waals surface area contributed by atoms with E-state index in [-0.39, 0.29) is 0 Å². The van der Waals surface area contributed by atoms with E-state index in [4.69, 9.17) is 5.73 Å². The molecule has 3 heteroatoms. The van der Waals surface area contributed by atoms with Gasteiger partial charge in [0.2, 0.25) is 0 Å². The molecule has 0 amide bonds. The minimum atomic E-state index is 0.495. The molecule has 1 heterocycles. The molecule has 0 atom stereocenters. The summed E-state index contributed by atoms with van der Waals surface area (Å²) in [4.78, 5) is 0. The Kier molecular flexibility index (Phi) is 1.85. The highest BCUT2D eigenvalue weighted by Crippen LogP contribution is 2.05. The topological polar surface area (TPSA) is 51.8 Å². The first-order valence-corrected chi connectivity index (χ1v) is 3.32. The number of rotatable bonds is 1. The van der Waals surface area contributed by atoms with E-state index >= 15 is 0 Å². The third kappa shape index (κ3) is 1.23. The second-order valence-corrected chi connectivity index (χ2v) is 2.25. The molecule has 0 saturated heterocycles. The molecule has 0 aromatic carbocycles. The van der Waals surface area contributed by atoms with Crippen molar-refractivity contribution in [1.29, 1.82) is 0 Å². The van der Waals surface area contributed by atoms with Crippen LogP contribution >= 0.6 is 0 Å². The van der Waals surface area contributed by atoms with Gasteiger partial charge in [0.1, 0.15) is 5.82 Å². The molecule has 2 N–H and O–H groups in total. The molecule has 10 heavy (non-hydrogen) atoms. The van der Waals surface area contributed by atoms with Gasteiger partial charge in [-0.25, -0.2) is 0 Å². The average molecular weight is 137 g/mol. The number of hydrogen-bond donors (Lipinski definition) is 1. The highest BCUT2D eigenvalue weighted by molar-refractivity contribution is 5.32. The summed E-state index contributed by atoms with van der Waals surface area (Å²) in [6, 6.07) is 1.84. The van der Waals surface area contributed by atoms with Crippen LogP contribution in [0.4, 0.5) is 5.82 Å². The van der Waals surface area contributed by atoms with Crippen LogP contribution in [0.1, 0.15) is 18.2 Å². The van der Waals surface area contributed by atoms with Crippen molar-refractivity contribution in [1.82, 2.24) is 10.2 Å². The van der Waals surface area contributed by atoms with Gasteiger partial charge in [0, 0.05) is 0 Å². The van der Waals surface area contributed by atoms with Crippen molar-refractivity contribution in [2.45, 2.75) is 20.3 Å². The van der Waals surface area contributed by atoms with E-state index in [1.54, 1.807) is 0 Å². The molecule has 0 unspecified atom stereocenters. The molecule has 0 aliphatic carbocycles. The van der Waals surface area contributed by atoms with Crippen LogP contribution in [-0.2, 0) is 6.42 Å². The van der Waals surface area contributed by atoms with Crippen molar-refractivity contribution in [3.63, 3.8) is 0 Å². The molecule has 0 aliphatic rings. The van der Waals surface area contributed by atoms with Crippen LogP contribution in [0.5, 0.6) is 0 Å². The van der Waals surface area contributed by atoms with Gasteiger partial charge in [-0.05, 0) is 25.0 Å². The van der Waals surface area contributed by atoms with Crippen molar-refractivity contribution in [3.05, 3.63) is 17.3 Å². The van der Waals surface area contributed by atoms with Gasteiger partial charge in [0.05, 0.1) is 5.69 Å². The summed E-state index contributed by atoms with van der Waals surface area (Å²) in [7, 11) is 0. The minimum Gasteiger partial charge on any atom is -0.382 e. The third-order valence-corrected chi connectivity index (χ3v) is 1.44. The summed E-state index contributed by atoms with van der Waals surface area (Å²) in [5, 5.41) is 7.66. The Morgan fingerprint density at radius 1 is 1.50 bits per heavy atom. The molecular formula is C7H11N3. The van der Waals surface area contributed by atoms with Crippen LogP contribution < -0.4 is 5.73 Å². The van der Waals surface area contributed by atoms with Gasteiger partial charge >= 0.3 is 0 Å². The molecular weight excluding hydrogens is 126 g/mol. The maximum Gasteiger partial charge on any atom is 0.146 e. The predicted octanol–water partition coefficient (Wildman–Crippen LogP) is 0.930. The molecule has 0 saturated carbocycles. The lowest BCUT2D eigenvalue weighted by Gasteiger charge is -1.99. The largest absolute Gasteiger partial charge is 0.382 e. The zero-order valence-corrected chi connectivity index (χ0v) is 6.26. The Morgan fingerprint density at radius 2 is 2.20 bits per heavy atom. The fourth-order valence-corrected chi connectivity index (χ4v) is 0.881. The average Bonchev–Trinajstić information content (AvgIpc) is 1.88. The van der Waals surface area contributed by atoms with E-state index in [0.717, 1.165) is 17.7 Å². The van der Waals surface area contributed by atoms with E-state index in [1.165, 1.54) is 0 Å². The number of aryl methyl sites for hydroxylation is 2. The monoisotopic (exact) mass is 137 g/mol. The van der Waals surface area contributed by atoms with Crippen molar-refractivity contribution in [2.75, 3.05) is 5.73 Å². The molecule has 0 spiro atoms. The standard InChI is InChI=1S/C7H11N3/c1-3-6-5(2)4-7(8)10-9-6/h4H,3H2,1-2H3,(H2,8,10). The normalized spacial score (nSPS) is 9.80. The minimum absolute atomic E-state index is 0.495. The van der Waals surface area contributed by atoms with E-state index in [9.17, 15) is 0 Å². The summed E-state index contributed by atoms with van der Waals surface area (Å²) in [5.74, 6) is 0.495.